The van der Waals surface area contributed by atoms with Gasteiger partial charge in [-0.3, -0.25) is 4.90 Å². The summed E-state index contributed by atoms with van der Waals surface area (Å²) in [6, 6.07) is 12.5. The van der Waals surface area contributed by atoms with Gasteiger partial charge in [-0.25, -0.2) is 8.78 Å². The minimum absolute atomic E-state index is 0.175. The first-order chi connectivity index (χ1) is 14.5. The Labute approximate surface area is 175 Å². The van der Waals surface area contributed by atoms with Crippen molar-refractivity contribution in [3.05, 3.63) is 83.9 Å². The number of hydrogen-bond acceptors (Lipinski definition) is 5. The standard InChI is InChI=1S/C23H26F2N2O3/c1-2-10-29-16-21(28)14-27(13-17-4-3-5-20(25)11-17)15-22-12-23(26-30-22)18-6-8-19(24)9-7-18/h2-9,11,21-22,28H,1,10,12-16H2/t21-,22-/m0/s1. The Morgan fingerprint density at radius 3 is 2.77 bits per heavy atom. The smallest absolute Gasteiger partial charge is 0.145 e. The number of aliphatic hydroxyl groups is 1. The highest BCUT2D eigenvalue weighted by Crippen LogP contribution is 2.19. The summed E-state index contributed by atoms with van der Waals surface area (Å²) in [5, 5.41) is 14.5. The third-order valence-corrected chi connectivity index (χ3v) is 4.68. The lowest BCUT2D eigenvalue weighted by molar-refractivity contribution is 0.00334. The van der Waals surface area contributed by atoms with E-state index in [1.165, 1.54) is 24.3 Å². The molecule has 0 saturated carbocycles. The van der Waals surface area contributed by atoms with E-state index in [1.807, 2.05) is 11.0 Å². The topological polar surface area (TPSA) is 54.3 Å². The average Bonchev–Trinajstić information content (AvgIpc) is 3.17. The summed E-state index contributed by atoms with van der Waals surface area (Å²) in [5.41, 5.74) is 2.36. The van der Waals surface area contributed by atoms with Crippen molar-refractivity contribution in [3.63, 3.8) is 0 Å². The van der Waals surface area contributed by atoms with Gasteiger partial charge >= 0.3 is 0 Å². The summed E-state index contributed by atoms with van der Waals surface area (Å²) in [4.78, 5) is 7.57. The fourth-order valence-electron chi connectivity index (χ4n) is 3.36. The Morgan fingerprint density at radius 1 is 1.23 bits per heavy atom. The first kappa shape index (κ1) is 22.1. The van der Waals surface area contributed by atoms with Crippen molar-refractivity contribution in [2.24, 2.45) is 5.16 Å². The SMILES string of the molecule is C=CCOC[C@@H](O)CN(Cc1cccc(F)c1)C[C@@H]1CC(c2ccc(F)cc2)=NO1. The van der Waals surface area contributed by atoms with Gasteiger partial charge in [0.15, 0.2) is 0 Å². The van der Waals surface area contributed by atoms with Crippen LogP contribution >= 0.6 is 0 Å². The van der Waals surface area contributed by atoms with Gasteiger partial charge in [-0.15, -0.1) is 6.58 Å². The average molecular weight is 416 g/mol. The van der Waals surface area contributed by atoms with Crippen molar-refractivity contribution in [1.29, 1.82) is 0 Å². The summed E-state index contributed by atoms with van der Waals surface area (Å²) in [6.45, 7) is 5.39. The Balaban J connectivity index is 1.61. The molecule has 0 radical (unpaired) electrons. The van der Waals surface area contributed by atoms with Gasteiger partial charge in [-0.1, -0.05) is 35.5 Å². The van der Waals surface area contributed by atoms with Crippen LogP contribution in [-0.4, -0.2) is 54.2 Å². The molecule has 2 atom stereocenters. The molecule has 0 amide bonds. The molecule has 0 spiro atoms. The van der Waals surface area contributed by atoms with Crippen LogP contribution in [0.1, 0.15) is 17.5 Å². The lowest BCUT2D eigenvalue weighted by Crippen LogP contribution is -2.39. The van der Waals surface area contributed by atoms with E-state index in [-0.39, 0.29) is 24.3 Å². The van der Waals surface area contributed by atoms with Crippen LogP contribution in [0.4, 0.5) is 8.78 Å². The molecule has 0 fully saturated rings. The highest BCUT2D eigenvalue weighted by atomic mass is 19.1. The molecule has 1 aliphatic heterocycles. The highest BCUT2D eigenvalue weighted by Gasteiger charge is 2.26. The summed E-state index contributed by atoms with van der Waals surface area (Å²) in [5.74, 6) is -0.606. The zero-order valence-electron chi connectivity index (χ0n) is 16.7. The van der Waals surface area contributed by atoms with Crippen LogP contribution in [0, 0.1) is 11.6 Å². The maximum absolute atomic E-state index is 13.6. The van der Waals surface area contributed by atoms with Crippen molar-refractivity contribution < 1.29 is 23.5 Å². The van der Waals surface area contributed by atoms with Crippen LogP contribution in [-0.2, 0) is 16.1 Å². The van der Waals surface area contributed by atoms with E-state index in [0.717, 1.165) is 16.8 Å². The van der Waals surface area contributed by atoms with Crippen molar-refractivity contribution >= 4 is 5.71 Å². The van der Waals surface area contributed by atoms with E-state index >= 15 is 0 Å². The van der Waals surface area contributed by atoms with Gasteiger partial charge in [0.1, 0.15) is 17.7 Å². The Kier molecular flexibility index (Phi) is 8.07. The number of aliphatic hydroxyl groups excluding tert-OH is 1. The van der Waals surface area contributed by atoms with Crippen molar-refractivity contribution in [1.82, 2.24) is 4.90 Å². The predicted molar refractivity (Wildman–Crippen MR) is 111 cm³/mol. The second-order valence-electron chi connectivity index (χ2n) is 7.28. The van der Waals surface area contributed by atoms with Crippen molar-refractivity contribution in [3.8, 4) is 0 Å². The van der Waals surface area contributed by atoms with E-state index in [1.54, 1.807) is 24.3 Å². The molecule has 0 saturated heterocycles. The molecule has 1 N–H and O–H groups in total. The fourth-order valence-corrected chi connectivity index (χ4v) is 3.36. The molecule has 30 heavy (non-hydrogen) atoms. The van der Waals surface area contributed by atoms with E-state index in [9.17, 15) is 13.9 Å². The quantitative estimate of drug-likeness (QED) is 0.450. The third kappa shape index (κ3) is 6.73. The van der Waals surface area contributed by atoms with Gasteiger partial charge in [0.2, 0.25) is 0 Å². The molecular formula is C23H26F2N2O3. The molecular weight excluding hydrogens is 390 g/mol. The molecule has 7 heteroatoms. The molecule has 2 aromatic carbocycles. The number of benzene rings is 2. The molecule has 1 aliphatic rings. The van der Waals surface area contributed by atoms with E-state index in [0.29, 0.717) is 32.7 Å². The second-order valence-corrected chi connectivity index (χ2v) is 7.28. The number of oxime groups is 1. The normalized spacial score (nSPS) is 16.9. The van der Waals surface area contributed by atoms with Gasteiger partial charge in [0.05, 0.1) is 25.0 Å². The maximum atomic E-state index is 13.6. The molecule has 0 bridgehead atoms. The molecule has 160 valence electrons. The largest absolute Gasteiger partial charge is 0.390 e. The fraction of sp³-hybridized carbons (Fsp3) is 0.348. The predicted octanol–water partition coefficient (Wildman–Crippen LogP) is 3.52. The van der Waals surface area contributed by atoms with Gasteiger partial charge in [-0.05, 0) is 35.4 Å². The lowest BCUT2D eigenvalue weighted by Gasteiger charge is -2.27. The third-order valence-electron chi connectivity index (χ3n) is 4.68. The van der Waals surface area contributed by atoms with Crippen LogP contribution in [0.5, 0.6) is 0 Å². The van der Waals surface area contributed by atoms with E-state index < -0.39 is 6.10 Å². The molecule has 5 nitrogen and oxygen atoms in total. The van der Waals surface area contributed by atoms with E-state index in [4.69, 9.17) is 9.57 Å². The van der Waals surface area contributed by atoms with E-state index in [2.05, 4.69) is 11.7 Å². The first-order valence-electron chi connectivity index (χ1n) is 9.85. The molecule has 0 aromatic heterocycles. The minimum Gasteiger partial charge on any atom is -0.390 e. The van der Waals surface area contributed by atoms with Gasteiger partial charge in [-0.2, -0.15) is 0 Å². The van der Waals surface area contributed by atoms with Crippen LogP contribution in [0.25, 0.3) is 0 Å². The summed E-state index contributed by atoms with van der Waals surface area (Å²) < 4.78 is 32.1. The van der Waals surface area contributed by atoms with Crippen molar-refractivity contribution in [2.45, 2.75) is 25.2 Å². The zero-order chi connectivity index (χ0) is 21.3. The summed E-state index contributed by atoms with van der Waals surface area (Å²) in [7, 11) is 0. The summed E-state index contributed by atoms with van der Waals surface area (Å²) >= 11 is 0. The number of hydrogen-bond donors (Lipinski definition) is 1. The molecule has 3 rings (SSSR count). The maximum Gasteiger partial charge on any atom is 0.145 e. The molecule has 1 heterocycles. The van der Waals surface area contributed by atoms with Crippen molar-refractivity contribution in [2.75, 3.05) is 26.3 Å². The highest BCUT2D eigenvalue weighted by molar-refractivity contribution is 6.01. The molecule has 0 aliphatic carbocycles. The van der Waals surface area contributed by atoms with Gasteiger partial charge in [0, 0.05) is 26.1 Å². The Bertz CT molecular complexity index is 858. The van der Waals surface area contributed by atoms with Crippen LogP contribution in [0.15, 0.2) is 66.3 Å². The minimum atomic E-state index is -0.711. The second kappa shape index (κ2) is 11.0. The summed E-state index contributed by atoms with van der Waals surface area (Å²) in [6.07, 6.45) is 1.25. The van der Waals surface area contributed by atoms with Gasteiger partial charge < -0.3 is 14.7 Å². The van der Waals surface area contributed by atoms with Crippen LogP contribution in [0.3, 0.4) is 0 Å². The molecule has 2 aromatic rings. The number of ether oxygens (including phenoxy) is 1. The number of nitrogens with zero attached hydrogens (tertiary/aromatic N) is 2. The Hall–Kier alpha value is -2.61. The lowest BCUT2D eigenvalue weighted by atomic mass is 10.0. The number of halogens is 2. The number of rotatable bonds is 11. The van der Waals surface area contributed by atoms with Crippen LogP contribution < -0.4 is 0 Å². The van der Waals surface area contributed by atoms with Gasteiger partial charge in [0.25, 0.3) is 0 Å². The Morgan fingerprint density at radius 2 is 2.03 bits per heavy atom. The monoisotopic (exact) mass is 416 g/mol. The first-order valence-corrected chi connectivity index (χ1v) is 9.85. The molecule has 0 unspecified atom stereocenters. The van der Waals surface area contributed by atoms with Crippen LogP contribution in [0.2, 0.25) is 0 Å². The zero-order valence-corrected chi connectivity index (χ0v) is 16.7.